The lowest BCUT2D eigenvalue weighted by Crippen LogP contribution is -2.11. The van der Waals surface area contributed by atoms with Gasteiger partial charge in [-0.1, -0.05) is 80.7 Å². The smallest absolute Gasteiger partial charge is 0.0474 e. The zero-order valence-electron chi connectivity index (χ0n) is 21.2. The summed E-state index contributed by atoms with van der Waals surface area (Å²) in [7, 11) is 0. The minimum absolute atomic E-state index is 0.722. The van der Waals surface area contributed by atoms with Crippen LogP contribution in [0.3, 0.4) is 0 Å². The summed E-state index contributed by atoms with van der Waals surface area (Å²) in [5, 5.41) is 2.57. The van der Waals surface area contributed by atoms with Crippen LogP contribution in [0, 0.1) is 0 Å². The molecule has 1 nitrogen and oxygen atoms in total. The van der Waals surface area contributed by atoms with Crippen molar-refractivity contribution in [3.05, 3.63) is 123 Å². The highest BCUT2D eigenvalue weighted by Crippen LogP contribution is 2.49. The highest BCUT2D eigenvalue weighted by Gasteiger charge is 2.30. The van der Waals surface area contributed by atoms with Crippen molar-refractivity contribution in [2.45, 2.75) is 43.9 Å². The summed E-state index contributed by atoms with van der Waals surface area (Å²) in [5.74, 6) is 1.48. The minimum atomic E-state index is 0.722. The van der Waals surface area contributed by atoms with Crippen molar-refractivity contribution < 1.29 is 0 Å². The van der Waals surface area contributed by atoms with E-state index < -0.39 is 0 Å². The third-order valence-corrected chi connectivity index (χ3v) is 9.58. The van der Waals surface area contributed by atoms with Gasteiger partial charge in [0.2, 0.25) is 0 Å². The molecule has 1 fully saturated rings. The molecule has 2 bridgehead atoms. The molecule has 0 aromatic heterocycles. The molecular weight excluding hydrogens is 594 g/mol. The summed E-state index contributed by atoms with van der Waals surface area (Å²) in [6, 6.07) is 38.1. The Bertz CT molecular complexity index is 1570. The number of fused-ring (bicyclic) bond motifs is 4. The molecule has 1 saturated carbocycles. The predicted molar refractivity (Wildman–Crippen MR) is 168 cm³/mol. The summed E-state index contributed by atoms with van der Waals surface area (Å²) in [6.45, 7) is 0. The highest BCUT2D eigenvalue weighted by atomic mass is 79.9. The number of hydrogen-bond donors (Lipinski definition) is 0. The molecule has 38 heavy (non-hydrogen) atoms. The van der Waals surface area contributed by atoms with Gasteiger partial charge in [-0.05, 0) is 131 Å². The van der Waals surface area contributed by atoms with Crippen LogP contribution in [0.1, 0.15) is 55.1 Å². The van der Waals surface area contributed by atoms with Crippen LogP contribution in [-0.2, 0) is 0 Å². The second kappa shape index (κ2) is 10.0. The van der Waals surface area contributed by atoms with Gasteiger partial charge in [0.15, 0.2) is 0 Å². The van der Waals surface area contributed by atoms with Gasteiger partial charge in [0.25, 0.3) is 0 Å². The number of rotatable bonds is 4. The molecule has 0 amide bonds. The van der Waals surface area contributed by atoms with E-state index in [1.807, 2.05) is 0 Å². The summed E-state index contributed by atoms with van der Waals surface area (Å²) in [4.78, 5) is 2.36. The first-order chi connectivity index (χ1) is 18.6. The van der Waals surface area contributed by atoms with Crippen molar-refractivity contribution in [1.29, 1.82) is 0 Å². The van der Waals surface area contributed by atoms with Crippen molar-refractivity contribution in [1.82, 2.24) is 0 Å². The Labute approximate surface area is 241 Å². The molecule has 0 N–H and O–H groups in total. The average molecular weight is 623 g/mol. The van der Waals surface area contributed by atoms with Crippen LogP contribution >= 0.6 is 31.9 Å². The van der Waals surface area contributed by atoms with Gasteiger partial charge in [-0.15, -0.1) is 0 Å². The van der Waals surface area contributed by atoms with Crippen LogP contribution in [0.5, 0.6) is 0 Å². The number of hydrogen-bond acceptors (Lipinski definition) is 1. The van der Waals surface area contributed by atoms with Crippen LogP contribution in [0.25, 0.3) is 21.9 Å². The molecule has 8 rings (SSSR count). The highest BCUT2D eigenvalue weighted by molar-refractivity contribution is 9.10. The van der Waals surface area contributed by atoms with Crippen LogP contribution in [0.4, 0.5) is 17.1 Å². The standard InChI is InChI=1S/C35H29Br2N/c36-27-11-15-29(16-12-27)38(30-17-13-28(37)14-18-30)31-20-25-4-1-2-7-32(25)35(22-31)26-10-19-33-23-5-3-6-24(9-8-23)34(33)21-26/h1-2,4,7,10-24H,3,5-6,8-9H2. The van der Waals surface area contributed by atoms with E-state index >= 15 is 0 Å². The average Bonchev–Trinajstić information content (AvgIpc) is 3.30. The van der Waals surface area contributed by atoms with Crippen molar-refractivity contribution in [2.24, 2.45) is 0 Å². The first kappa shape index (κ1) is 24.2. The van der Waals surface area contributed by atoms with Crippen molar-refractivity contribution in [3.8, 4) is 11.1 Å². The van der Waals surface area contributed by atoms with Gasteiger partial charge in [0.05, 0.1) is 0 Å². The first-order valence-corrected chi connectivity index (χ1v) is 15.2. The molecule has 2 unspecified atom stereocenters. The third-order valence-electron chi connectivity index (χ3n) is 8.52. The van der Waals surface area contributed by atoms with E-state index in [0.29, 0.717) is 0 Å². The van der Waals surface area contributed by atoms with E-state index in [-0.39, 0.29) is 0 Å². The number of anilines is 3. The Morgan fingerprint density at radius 2 is 1.18 bits per heavy atom. The normalized spacial score (nSPS) is 18.3. The Kier molecular flexibility index (Phi) is 6.38. The van der Waals surface area contributed by atoms with E-state index in [4.69, 9.17) is 0 Å². The molecule has 188 valence electrons. The first-order valence-electron chi connectivity index (χ1n) is 13.6. The monoisotopic (exact) mass is 621 g/mol. The number of halogens is 2. The lowest BCUT2D eigenvalue weighted by Gasteiger charge is -2.29. The lowest BCUT2D eigenvalue weighted by molar-refractivity contribution is 0.527. The predicted octanol–water partition coefficient (Wildman–Crippen LogP) is 11.6. The Hall–Kier alpha value is -2.88. The summed E-state index contributed by atoms with van der Waals surface area (Å²) < 4.78 is 2.16. The molecule has 0 radical (unpaired) electrons. The van der Waals surface area contributed by atoms with Gasteiger partial charge in [0.1, 0.15) is 0 Å². The van der Waals surface area contributed by atoms with Gasteiger partial charge in [-0.2, -0.15) is 0 Å². The third kappa shape index (κ3) is 4.40. The van der Waals surface area contributed by atoms with E-state index in [9.17, 15) is 0 Å². The van der Waals surface area contributed by atoms with Gasteiger partial charge in [-0.3, -0.25) is 0 Å². The van der Waals surface area contributed by atoms with Gasteiger partial charge in [0, 0.05) is 26.0 Å². The lowest BCUT2D eigenvalue weighted by atomic mass is 9.77. The van der Waals surface area contributed by atoms with E-state index in [1.54, 1.807) is 11.1 Å². The van der Waals surface area contributed by atoms with Crippen molar-refractivity contribution in [3.63, 3.8) is 0 Å². The molecule has 2 atom stereocenters. The van der Waals surface area contributed by atoms with Gasteiger partial charge in [-0.25, -0.2) is 0 Å². The zero-order valence-corrected chi connectivity index (χ0v) is 24.4. The van der Waals surface area contributed by atoms with E-state index in [0.717, 1.165) is 32.2 Å². The van der Waals surface area contributed by atoms with Crippen LogP contribution in [-0.4, -0.2) is 0 Å². The second-order valence-electron chi connectivity index (χ2n) is 10.7. The molecule has 5 aromatic rings. The number of nitrogens with zero attached hydrogens (tertiary/aromatic N) is 1. The summed E-state index contributed by atoms with van der Waals surface area (Å²) in [5.41, 5.74) is 9.31. The molecule has 3 aliphatic carbocycles. The molecular formula is C35H29Br2N. The molecule has 0 saturated heterocycles. The maximum atomic E-state index is 3.62. The fourth-order valence-electron chi connectivity index (χ4n) is 6.68. The zero-order chi connectivity index (χ0) is 25.6. The summed E-state index contributed by atoms with van der Waals surface area (Å²) >= 11 is 7.23. The molecule has 0 spiro atoms. The second-order valence-corrected chi connectivity index (χ2v) is 12.6. The fourth-order valence-corrected chi connectivity index (χ4v) is 7.21. The Morgan fingerprint density at radius 3 is 1.87 bits per heavy atom. The Morgan fingerprint density at radius 1 is 0.553 bits per heavy atom. The van der Waals surface area contributed by atoms with E-state index in [1.165, 1.54) is 59.7 Å². The SMILES string of the molecule is Brc1ccc(N(c2ccc(Br)cc2)c2cc(-c3ccc4c(c3)C3CCCC4CC3)c3ccccc3c2)cc1. The van der Waals surface area contributed by atoms with Crippen LogP contribution < -0.4 is 4.90 Å². The Balaban J connectivity index is 1.43. The van der Waals surface area contributed by atoms with Crippen molar-refractivity contribution >= 4 is 59.7 Å². The molecule has 0 aliphatic heterocycles. The van der Waals surface area contributed by atoms with Gasteiger partial charge < -0.3 is 4.90 Å². The molecule has 3 heteroatoms. The molecule has 5 aromatic carbocycles. The fraction of sp³-hybridized carbons (Fsp3) is 0.200. The van der Waals surface area contributed by atoms with Crippen LogP contribution in [0.15, 0.2) is 112 Å². The molecule has 0 heterocycles. The minimum Gasteiger partial charge on any atom is -0.310 e. The number of benzene rings is 5. The molecule has 3 aliphatic rings. The topological polar surface area (TPSA) is 3.24 Å². The van der Waals surface area contributed by atoms with Crippen molar-refractivity contribution in [2.75, 3.05) is 4.90 Å². The maximum absolute atomic E-state index is 3.62. The summed E-state index contributed by atoms with van der Waals surface area (Å²) in [6.07, 6.45) is 6.78. The van der Waals surface area contributed by atoms with Gasteiger partial charge >= 0.3 is 0 Å². The van der Waals surface area contributed by atoms with E-state index in [2.05, 4.69) is 140 Å². The maximum Gasteiger partial charge on any atom is 0.0474 e. The largest absolute Gasteiger partial charge is 0.310 e. The quantitative estimate of drug-likeness (QED) is 0.193. The van der Waals surface area contributed by atoms with Crippen LogP contribution in [0.2, 0.25) is 0 Å².